The molecule has 0 aliphatic carbocycles. The molecule has 0 fully saturated rings. The Morgan fingerprint density at radius 3 is 2.08 bits per heavy atom. The fourth-order valence-electron chi connectivity index (χ4n) is 5.10. The highest BCUT2D eigenvalue weighted by molar-refractivity contribution is 6.43. The minimum Gasteiger partial charge on any atom is -0.477 e. The molecule has 1 aliphatic heterocycles. The predicted octanol–water partition coefficient (Wildman–Crippen LogP) is 8.34. The topological polar surface area (TPSA) is 83.2 Å². The summed E-state index contributed by atoms with van der Waals surface area (Å²) in [6, 6.07) is 0. The second kappa shape index (κ2) is 20.3. The summed E-state index contributed by atoms with van der Waals surface area (Å²) in [5.74, 6) is -0.126. The van der Waals surface area contributed by atoms with Crippen molar-refractivity contribution in [3.8, 4) is 0 Å². The van der Waals surface area contributed by atoms with E-state index in [0.717, 1.165) is 63.5 Å². The number of unbranched alkanes of at least 4 members (excludes halogenated alkanes) is 12. The number of hydrogen-bond donors (Lipinski definition) is 2. The Balaban J connectivity index is 2.71. The van der Waals surface area contributed by atoms with Gasteiger partial charge in [0.1, 0.15) is 12.3 Å². The van der Waals surface area contributed by atoms with Crippen molar-refractivity contribution in [2.24, 2.45) is 0 Å². The van der Waals surface area contributed by atoms with Gasteiger partial charge in [0.15, 0.2) is 0 Å². The summed E-state index contributed by atoms with van der Waals surface area (Å²) >= 11 is 0. The van der Waals surface area contributed by atoms with Crippen LogP contribution in [0.4, 0.5) is 0 Å². The van der Waals surface area contributed by atoms with Crippen LogP contribution >= 0.6 is 0 Å². The van der Waals surface area contributed by atoms with E-state index in [1.165, 1.54) is 57.8 Å². The minimum absolute atomic E-state index is 0.0348. The summed E-state index contributed by atoms with van der Waals surface area (Å²) in [5, 5.41) is 16.9. The van der Waals surface area contributed by atoms with Crippen molar-refractivity contribution >= 4 is 17.6 Å². The van der Waals surface area contributed by atoms with Crippen LogP contribution in [0, 0.1) is 10.8 Å². The van der Waals surface area contributed by atoms with E-state index in [1.54, 1.807) is 0 Å². The van der Waals surface area contributed by atoms with Crippen molar-refractivity contribution in [3.05, 3.63) is 11.6 Å². The molecule has 0 amide bonds. The van der Waals surface area contributed by atoms with Crippen molar-refractivity contribution in [2.75, 3.05) is 26.7 Å². The zero-order valence-electron chi connectivity index (χ0n) is 24.7. The lowest BCUT2D eigenvalue weighted by Gasteiger charge is -2.43. The van der Waals surface area contributed by atoms with Gasteiger partial charge in [-0.3, -0.25) is 20.1 Å². The van der Waals surface area contributed by atoms with Gasteiger partial charge in [-0.25, -0.2) is 0 Å². The summed E-state index contributed by atoms with van der Waals surface area (Å²) in [6.07, 6.45) is 21.4. The average Bonchev–Trinajstić information content (AvgIpc) is 2.89. The lowest BCUT2D eigenvalue weighted by Crippen LogP contribution is -2.57. The first-order valence-corrected chi connectivity index (χ1v) is 15.4. The molecular formula is C31H58N3O3+. The van der Waals surface area contributed by atoms with Gasteiger partial charge in [0.2, 0.25) is 12.1 Å². The molecule has 0 aromatic carbocycles. The summed E-state index contributed by atoms with van der Waals surface area (Å²) in [4.78, 5) is 12.7. The van der Waals surface area contributed by atoms with E-state index >= 15 is 0 Å². The molecule has 1 heterocycles. The zero-order chi connectivity index (χ0) is 27.4. The van der Waals surface area contributed by atoms with Crippen LogP contribution in [0.1, 0.15) is 136 Å². The summed E-state index contributed by atoms with van der Waals surface area (Å²) in [7, 11) is 2.16. The van der Waals surface area contributed by atoms with Crippen LogP contribution in [0.15, 0.2) is 11.6 Å². The number of carbonyl (C=O) groups excluding carboxylic acids is 1. The maximum atomic E-state index is 12.7. The summed E-state index contributed by atoms with van der Waals surface area (Å²) in [6.45, 7) is 8.55. The fourth-order valence-corrected chi connectivity index (χ4v) is 5.10. The number of esters is 1. The highest BCUT2D eigenvalue weighted by Gasteiger charge is 2.39. The SMILES string of the molecule is CCCCCCCCCCC(OC(=O)CCCCC)[N+]1(C)CCC=C(C(=N)C(=N)OCCCCCC)C1. The summed E-state index contributed by atoms with van der Waals surface area (Å²) < 4.78 is 12.3. The highest BCUT2D eigenvalue weighted by atomic mass is 16.6. The van der Waals surface area contributed by atoms with Gasteiger partial charge in [-0.2, -0.15) is 0 Å². The van der Waals surface area contributed by atoms with E-state index in [-0.39, 0.29) is 23.8 Å². The highest BCUT2D eigenvalue weighted by Crippen LogP contribution is 2.27. The lowest BCUT2D eigenvalue weighted by molar-refractivity contribution is -0.949. The molecule has 6 heteroatoms. The first-order valence-electron chi connectivity index (χ1n) is 15.4. The van der Waals surface area contributed by atoms with E-state index in [2.05, 4.69) is 33.9 Å². The number of likely N-dealkylation sites (N-methyl/N-ethyl adjacent to an activating group) is 1. The van der Waals surface area contributed by atoms with E-state index in [1.807, 2.05) is 0 Å². The molecule has 37 heavy (non-hydrogen) atoms. The van der Waals surface area contributed by atoms with E-state index in [0.29, 0.717) is 24.1 Å². The van der Waals surface area contributed by atoms with Crippen molar-refractivity contribution < 1.29 is 18.8 Å². The van der Waals surface area contributed by atoms with Crippen LogP contribution in [0.25, 0.3) is 0 Å². The maximum absolute atomic E-state index is 12.7. The van der Waals surface area contributed by atoms with Crippen LogP contribution in [0.2, 0.25) is 0 Å². The number of nitrogens with zero attached hydrogens (tertiary/aromatic N) is 1. The Hall–Kier alpha value is -1.69. The number of rotatable bonds is 22. The molecule has 214 valence electrons. The Morgan fingerprint density at radius 2 is 1.43 bits per heavy atom. The maximum Gasteiger partial charge on any atom is 0.310 e. The fraction of sp³-hybridized carbons (Fsp3) is 0.839. The van der Waals surface area contributed by atoms with Crippen molar-refractivity contribution in [1.82, 2.24) is 0 Å². The standard InChI is InChI=1S/C31H58N3O3/c1-5-8-11-13-14-15-16-18-22-28(37-29(35)23-17-10-7-3)34(4)24-20-21-27(26-34)30(32)31(33)36-25-19-12-9-6-2/h21,28,32-33H,5-20,22-26H2,1-4H3/q+1. The third-order valence-corrected chi connectivity index (χ3v) is 7.61. The number of ether oxygens (including phenoxy) is 2. The van der Waals surface area contributed by atoms with Gasteiger partial charge < -0.3 is 9.47 Å². The quantitative estimate of drug-likeness (QED) is 0.0495. The molecule has 6 nitrogen and oxygen atoms in total. The smallest absolute Gasteiger partial charge is 0.310 e. The first kappa shape index (κ1) is 33.3. The third-order valence-electron chi connectivity index (χ3n) is 7.61. The molecule has 2 atom stereocenters. The van der Waals surface area contributed by atoms with Crippen molar-refractivity contribution in [1.29, 1.82) is 10.8 Å². The van der Waals surface area contributed by atoms with Crippen LogP contribution < -0.4 is 0 Å². The normalized spacial score (nSPS) is 18.2. The minimum atomic E-state index is -0.199. The molecule has 2 unspecified atom stereocenters. The van der Waals surface area contributed by atoms with Gasteiger partial charge in [0.25, 0.3) is 0 Å². The van der Waals surface area contributed by atoms with Gasteiger partial charge >= 0.3 is 5.97 Å². The molecule has 2 N–H and O–H groups in total. The van der Waals surface area contributed by atoms with Crippen molar-refractivity contribution in [3.63, 3.8) is 0 Å². The van der Waals surface area contributed by atoms with Crippen molar-refractivity contribution in [2.45, 2.75) is 143 Å². The number of nitrogens with one attached hydrogen (secondary N) is 2. The second-order valence-corrected chi connectivity index (χ2v) is 11.2. The van der Waals surface area contributed by atoms with Gasteiger partial charge in [0, 0.05) is 24.8 Å². The lowest BCUT2D eigenvalue weighted by atomic mass is 10.0. The van der Waals surface area contributed by atoms with Gasteiger partial charge in [0.05, 0.1) is 20.2 Å². The van der Waals surface area contributed by atoms with E-state index in [9.17, 15) is 4.79 Å². The number of quaternary nitrogens is 1. The second-order valence-electron chi connectivity index (χ2n) is 11.2. The number of hydrogen-bond acceptors (Lipinski definition) is 5. The monoisotopic (exact) mass is 520 g/mol. The van der Waals surface area contributed by atoms with E-state index < -0.39 is 0 Å². The van der Waals surface area contributed by atoms with Crippen LogP contribution in [0.3, 0.4) is 0 Å². The molecule has 0 spiro atoms. The Kier molecular flexibility index (Phi) is 18.3. The van der Waals surface area contributed by atoms with Crippen LogP contribution in [0.5, 0.6) is 0 Å². The molecule has 0 aromatic rings. The average molecular weight is 521 g/mol. The third kappa shape index (κ3) is 14.2. The molecule has 0 saturated carbocycles. The van der Waals surface area contributed by atoms with E-state index in [4.69, 9.17) is 20.3 Å². The van der Waals surface area contributed by atoms with Gasteiger partial charge in [-0.1, -0.05) is 104 Å². The molecule has 1 rings (SSSR count). The number of carbonyl (C=O) groups is 1. The molecule has 1 aliphatic rings. The largest absolute Gasteiger partial charge is 0.477 e. The van der Waals surface area contributed by atoms with Crippen LogP contribution in [-0.2, 0) is 14.3 Å². The predicted molar refractivity (Wildman–Crippen MR) is 155 cm³/mol. The molecule has 0 aromatic heterocycles. The molecule has 0 saturated heterocycles. The van der Waals surface area contributed by atoms with Gasteiger partial charge in [-0.05, 0) is 19.3 Å². The summed E-state index contributed by atoms with van der Waals surface area (Å²) in [5.41, 5.74) is 1.02. The van der Waals surface area contributed by atoms with Gasteiger partial charge in [-0.15, -0.1) is 0 Å². The molecule has 0 bridgehead atoms. The zero-order valence-corrected chi connectivity index (χ0v) is 24.7. The Morgan fingerprint density at radius 1 is 0.865 bits per heavy atom. The molecular weight excluding hydrogens is 462 g/mol. The Labute approximate surface area is 228 Å². The van der Waals surface area contributed by atoms with Crippen LogP contribution in [-0.4, -0.2) is 55.0 Å². The molecule has 0 radical (unpaired) electrons. The Bertz CT molecular complexity index is 691. The first-order chi connectivity index (χ1) is 17.9.